The van der Waals surface area contributed by atoms with Crippen LogP contribution in [0.4, 0.5) is 4.39 Å². The van der Waals surface area contributed by atoms with Gasteiger partial charge in [0.2, 0.25) is 10.0 Å². The Kier molecular flexibility index (Phi) is 6.02. The van der Waals surface area contributed by atoms with Crippen molar-refractivity contribution in [3.8, 4) is 0 Å². The number of aryl methyl sites for hydroxylation is 1. The number of halogens is 1. The highest BCUT2D eigenvalue weighted by Crippen LogP contribution is 2.35. The van der Waals surface area contributed by atoms with Gasteiger partial charge < -0.3 is 4.98 Å². The fourth-order valence-corrected chi connectivity index (χ4v) is 6.43. The van der Waals surface area contributed by atoms with E-state index in [-0.39, 0.29) is 10.5 Å². The van der Waals surface area contributed by atoms with Gasteiger partial charge in [0, 0.05) is 32.1 Å². The minimum atomic E-state index is -3.86. The highest BCUT2D eigenvalue weighted by atomic mass is 32.2. The first kappa shape index (κ1) is 22.1. The molecule has 1 N–H and O–H groups in total. The summed E-state index contributed by atoms with van der Waals surface area (Å²) in [6.07, 6.45) is 2.83. The van der Waals surface area contributed by atoms with Crippen molar-refractivity contribution in [2.45, 2.75) is 70.0 Å². The molecule has 2 aliphatic rings. The number of rotatable bonds is 4. The molecule has 1 saturated heterocycles. The largest absolute Gasteiger partial charge is 0.309 e. The van der Waals surface area contributed by atoms with Crippen LogP contribution in [0.15, 0.2) is 27.9 Å². The average Bonchev–Trinajstić information content (AvgIpc) is 2.73. The summed E-state index contributed by atoms with van der Waals surface area (Å²) >= 11 is 0. The predicted octanol–water partition coefficient (Wildman–Crippen LogP) is 2.90. The van der Waals surface area contributed by atoms with Gasteiger partial charge in [0.15, 0.2) is 0 Å². The summed E-state index contributed by atoms with van der Waals surface area (Å²) in [6, 6.07) is 3.51. The fourth-order valence-electron chi connectivity index (χ4n) is 4.56. The van der Waals surface area contributed by atoms with Crippen LogP contribution in [0.2, 0.25) is 0 Å². The predicted molar refractivity (Wildman–Crippen MR) is 116 cm³/mol. The molecule has 3 heterocycles. The summed E-state index contributed by atoms with van der Waals surface area (Å²) in [5.41, 5.74) is 1.61. The van der Waals surface area contributed by atoms with Gasteiger partial charge in [-0.1, -0.05) is 6.42 Å². The number of benzene rings is 1. The van der Waals surface area contributed by atoms with E-state index in [1.165, 1.54) is 22.5 Å². The molecule has 7 nitrogen and oxygen atoms in total. The quantitative estimate of drug-likeness (QED) is 0.777. The Balaban J connectivity index is 1.72. The van der Waals surface area contributed by atoms with Crippen LogP contribution < -0.4 is 5.56 Å². The zero-order valence-corrected chi connectivity index (χ0v) is 19.0. The van der Waals surface area contributed by atoms with E-state index < -0.39 is 21.9 Å². The SMILES string of the molecule is Cc1cc(F)ccc1S(=O)(=O)N1CCCCC1c1nc2c(c(=O)[nH]1)CN(C(C)C)CC2. The Hall–Kier alpha value is -2.10. The van der Waals surface area contributed by atoms with Gasteiger partial charge >= 0.3 is 0 Å². The second-order valence-electron chi connectivity index (χ2n) is 8.73. The molecule has 1 aromatic carbocycles. The lowest BCUT2D eigenvalue weighted by Gasteiger charge is -2.35. The molecule has 1 unspecified atom stereocenters. The molecule has 168 valence electrons. The molecule has 0 radical (unpaired) electrons. The molecular weight excluding hydrogens is 419 g/mol. The Labute approximate surface area is 182 Å². The molecule has 2 aliphatic heterocycles. The molecule has 0 aliphatic carbocycles. The number of H-pyrrole nitrogens is 1. The van der Waals surface area contributed by atoms with Crippen molar-refractivity contribution in [2.75, 3.05) is 13.1 Å². The van der Waals surface area contributed by atoms with Crippen LogP contribution in [-0.2, 0) is 23.0 Å². The summed E-state index contributed by atoms with van der Waals surface area (Å²) < 4.78 is 41.9. The van der Waals surface area contributed by atoms with Crippen molar-refractivity contribution in [1.82, 2.24) is 19.2 Å². The highest BCUT2D eigenvalue weighted by Gasteiger charge is 2.37. The standard InChI is InChI=1S/C22H29FN4O3S/c1-14(2)26-11-9-18-17(13-26)22(28)25-21(24-18)19-6-4-5-10-27(19)31(29,30)20-8-7-16(23)12-15(20)3/h7-8,12,14,19H,4-6,9-11,13H2,1-3H3,(H,24,25,28). The lowest BCUT2D eigenvalue weighted by atomic mass is 10.0. The molecule has 9 heteroatoms. The Morgan fingerprint density at radius 1 is 1.23 bits per heavy atom. The minimum Gasteiger partial charge on any atom is -0.309 e. The van der Waals surface area contributed by atoms with Crippen molar-refractivity contribution >= 4 is 10.0 Å². The van der Waals surface area contributed by atoms with Gasteiger partial charge in [-0.2, -0.15) is 4.31 Å². The number of sulfonamides is 1. The van der Waals surface area contributed by atoms with Gasteiger partial charge in [-0.15, -0.1) is 0 Å². The summed E-state index contributed by atoms with van der Waals surface area (Å²) in [5, 5.41) is 0. The number of piperidine rings is 1. The number of nitrogens with one attached hydrogen (secondary N) is 1. The van der Waals surface area contributed by atoms with Crippen molar-refractivity contribution in [3.63, 3.8) is 0 Å². The van der Waals surface area contributed by atoms with Crippen LogP contribution in [0.5, 0.6) is 0 Å². The van der Waals surface area contributed by atoms with Gasteiger partial charge in [0.25, 0.3) is 5.56 Å². The third-order valence-corrected chi connectivity index (χ3v) is 8.41. The Morgan fingerprint density at radius 2 is 2.00 bits per heavy atom. The van der Waals surface area contributed by atoms with Gasteiger partial charge in [-0.05, 0) is 57.4 Å². The summed E-state index contributed by atoms with van der Waals surface area (Å²) in [5.74, 6) is -0.0624. The van der Waals surface area contributed by atoms with Crippen molar-refractivity contribution in [3.05, 3.63) is 57.0 Å². The first-order valence-electron chi connectivity index (χ1n) is 10.8. The van der Waals surface area contributed by atoms with E-state index in [0.29, 0.717) is 48.9 Å². The van der Waals surface area contributed by atoms with E-state index in [9.17, 15) is 17.6 Å². The molecule has 2 aromatic rings. The Bertz CT molecular complexity index is 1150. The van der Waals surface area contributed by atoms with E-state index in [2.05, 4.69) is 23.7 Å². The third-order valence-electron chi connectivity index (χ3n) is 6.34. The second-order valence-corrected chi connectivity index (χ2v) is 10.6. The van der Waals surface area contributed by atoms with Gasteiger partial charge in [0.05, 0.1) is 22.2 Å². The van der Waals surface area contributed by atoms with Crippen LogP contribution in [0, 0.1) is 12.7 Å². The molecule has 0 amide bonds. The maximum atomic E-state index is 13.5. The molecule has 1 aromatic heterocycles. The minimum absolute atomic E-state index is 0.0914. The molecule has 0 saturated carbocycles. The van der Waals surface area contributed by atoms with E-state index >= 15 is 0 Å². The third kappa shape index (κ3) is 4.18. The van der Waals surface area contributed by atoms with Crippen LogP contribution >= 0.6 is 0 Å². The fraction of sp³-hybridized carbons (Fsp3) is 0.545. The van der Waals surface area contributed by atoms with E-state index in [1.54, 1.807) is 6.92 Å². The monoisotopic (exact) mass is 448 g/mol. The number of aromatic nitrogens is 2. The topological polar surface area (TPSA) is 86.4 Å². The zero-order chi connectivity index (χ0) is 22.3. The van der Waals surface area contributed by atoms with Crippen LogP contribution in [-0.4, -0.2) is 46.7 Å². The number of hydrogen-bond acceptors (Lipinski definition) is 5. The van der Waals surface area contributed by atoms with E-state index in [4.69, 9.17) is 4.98 Å². The average molecular weight is 449 g/mol. The Morgan fingerprint density at radius 3 is 2.71 bits per heavy atom. The summed E-state index contributed by atoms with van der Waals surface area (Å²) in [6.45, 7) is 7.51. The zero-order valence-electron chi connectivity index (χ0n) is 18.2. The smallest absolute Gasteiger partial charge is 0.255 e. The van der Waals surface area contributed by atoms with Crippen LogP contribution in [0.3, 0.4) is 0 Å². The van der Waals surface area contributed by atoms with Crippen molar-refractivity contribution < 1.29 is 12.8 Å². The highest BCUT2D eigenvalue weighted by molar-refractivity contribution is 7.89. The normalized spacial score (nSPS) is 20.7. The maximum Gasteiger partial charge on any atom is 0.255 e. The molecule has 0 spiro atoms. The van der Waals surface area contributed by atoms with E-state index in [1.807, 2.05) is 0 Å². The van der Waals surface area contributed by atoms with Gasteiger partial charge in [-0.25, -0.2) is 17.8 Å². The van der Waals surface area contributed by atoms with E-state index in [0.717, 1.165) is 25.1 Å². The molecule has 4 rings (SSSR count). The summed E-state index contributed by atoms with van der Waals surface area (Å²) in [7, 11) is -3.86. The number of nitrogens with zero attached hydrogens (tertiary/aromatic N) is 3. The van der Waals surface area contributed by atoms with Crippen molar-refractivity contribution in [1.29, 1.82) is 0 Å². The van der Waals surface area contributed by atoms with Gasteiger partial charge in [0.1, 0.15) is 11.6 Å². The molecule has 0 bridgehead atoms. The molecular formula is C22H29FN4O3S. The summed E-state index contributed by atoms with van der Waals surface area (Å²) in [4.78, 5) is 22.8. The van der Waals surface area contributed by atoms with Crippen LogP contribution in [0.25, 0.3) is 0 Å². The second kappa shape index (κ2) is 8.44. The first-order chi connectivity index (χ1) is 14.7. The van der Waals surface area contributed by atoms with Crippen LogP contribution in [0.1, 0.15) is 61.8 Å². The number of aromatic amines is 1. The van der Waals surface area contributed by atoms with Gasteiger partial charge in [-0.3, -0.25) is 9.69 Å². The molecule has 31 heavy (non-hydrogen) atoms. The number of hydrogen-bond donors (Lipinski definition) is 1. The lowest BCUT2D eigenvalue weighted by molar-refractivity contribution is 0.198. The molecule has 1 fully saturated rings. The van der Waals surface area contributed by atoms with Crippen molar-refractivity contribution in [2.24, 2.45) is 0 Å². The molecule has 1 atom stereocenters. The first-order valence-corrected chi connectivity index (χ1v) is 12.3. The maximum absolute atomic E-state index is 13.5. The lowest BCUT2D eigenvalue weighted by Crippen LogP contribution is -2.42. The number of fused-ring (bicyclic) bond motifs is 1.